The predicted molar refractivity (Wildman–Crippen MR) is 223 cm³/mol. The number of aromatic nitrogens is 4. The van der Waals surface area contributed by atoms with Crippen molar-refractivity contribution in [2.45, 2.75) is 193 Å². The van der Waals surface area contributed by atoms with E-state index in [0.29, 0.717) is 55.4 Å². The van der Waals surface area contributed by atoms with Crippen LogP contribution in [0.2, 0.25) is 0 Å². The molecule has 0 bridgehead atoms. The molecule has 2 aliphatic carbocycles. The van der Waals surface area contributed by atoms with Gasteiger partial charge < -0.3 is 0 Å². The Morgan fingerprint density at radius 3 is 1.43 bits per heavy atom. The second-order valence-corrected chi connectivity index (χ2v) is 17.1. The van der Waals surface area contributed by atoms with Gasteiger partial charge in [0.1, 0.15) is 33.7 Å². The standard InChI is InChI=1S/C48H64F2N4O2/c1-3-5-7-9-11-13-15-17-19-21-23-25-31-48(32-26-24-22-20-18-16-14-12-10-8-6-4-2)36-28-30-38-47(54-56-52-38)41(36)42-43(48)45(50)40-35(44(42)49)33-34-27-29-37-46(39(34)40)53-55-51-37/h27-30H,3-26,31-33H2,1-2H3. The summed E-state index contributed by atoms with van der Waals surface area (Å²) < 4.78 is 45.7. The second kappa shape index (κ2) is 19.7. The molecule has 8 heteroatoms. The van der Waals surface area contributed by atoms with Crippen LogP contribution in [0.3, 0.4) is 0 Å². The number of rotatable bonds is 26. The minimum Gasteiger partial charge on any atom is -0.243 e. The Morgan fingerprint density at radius 1 is 0.482 bits per heavy atom. The summed E-state index contributed by atoms with van der Waals surface area (Å²) in [7, 11) is 0. The molecule has 0 atom stereocenters. The minimum absolute atomic E-state index is 0.288. The third kappa shape index (κ3) is 8.45. The molecule has 0 fully saturated rings. The number of hydrogen-bond acceptors (Lipinski definition) is 6. The fourth-order valence-electron chi connectivity index (χ4n) is 10.2. The first-order chi connectivity index (χ1) is 27.6. The molecule has 0 spiro atoms. The van der Waals surface area contributed by atoms with Gasteiger partial charge in [-0.25, -0.2) is 18.0 Å². The third-order valence-corrected chi connectivity index (χ3v) is 13.2. The predicted octanol–water partition coefficient (Wildman–Crippen LogP) is 15.1. The zero-order chi connectivity index (χ0) is 38.7. The van der Waals surface area contributed by atoms with Crippen LogP contribution in [0, 0.1) is 11.6 Å². The number of benzene rings is 3. The van der Waals surface area contributed by atoms with Gasteiger partial charge in [0.05, 0.1) is 0 Å². The van der Waals surface area contributed by atoms with E-state index in [-0.39, 0.29) is 18.1 Å². The van der Waals surface area contributed by atoms with Crippen LogP contribution in [0.15, 0.2) is 33.5 Å². The zero-order valence-electron chi connectivity index (χ0n) is 34.3. The molecule has 3 aromatic carbocycles. The topological polar surface area (TPSA) is 77.8 Å². The Balaban J connectivity index is 1.13. The van der Waals surface area contributed by atoms with E-state index in [4.69, 9.17) is 9.26 Å². The van der Waals surface area contributed by atoms with Crippen LogP contribution in [0.4, 0.5) is 8.78 Å². The van der Waals surface area contributed by atoms with E-state index in [1.807, 2.05) is 18.2 Å². The fraction of sp³-hybridized carbons (Fsp3) is 0.625. The molecule has 7 rings (SSSR count). The van der Waals surface area contributed by atoms with Crippen molar-refractivity contribution in [1.29, 1.82) is 0 Å². The first-order valence-electron chi connectivity index (χ1n) is 22.7. The van der Waals surface area contributed by atoms with Crippen LogP contribution in [0.1, 0.15) is 203 Å². The lowest BCUT2D eigenvalue weighted by atomic mass is 9.69. The van der Waals surface area contributed by atoms with E-state index in [1.54, 1.807) is 0 Å². The molecule has 2 heterocycles. The minimum atomic E-state index is -0.687. The molecule has 302 valence electrons. The van der Waals surface area contributed by atoms with E-state index in [1.165, 1.54) is 128 Å². The van der Waals surface area contributed by atoms with Gasteiger partial charge in [0.25, 0.3) is 0 Å². The highest BCUT2D eigenvalue weighted by Gasteiger charge is 2.49. The van der Waals surface area contributed by atoms with Gasteiger partial charge in [-0.15, -0.1) is 0 Å². The molecule has 56 heavy (non-hydrogen) atoms. The Hall–Kier alpha value is -3.68. The van der Waals surface area contributed by atoms with Crippen LogP contribution in [0.5, 0.6) is 0 Å². The van der Waals surface area contributed by atoms with Crippen molar-refractivity contribution in [1.82, 2.24) is 20.6 Å². The van der Waals surface area contributed by atoms with E-state index in [2.05, 4.69) is 40.5 Å². The van der Waals surface area contributed by atoms with Crippen molar-refractivity contribution in [3.8, 4) is 22.3 Å². The molecule has 2 aliphatic rings. The molecule has 0 radical (unpaired) electrons. The van der Waals surface area contributed by atoms with Crippen LogP contribution in [-0.4, -0.2) is 20.6 Å². The molecular weight excluding hydrogens is 703 g/mol. The van der Waals surface area contributed by atoms with Gasteiger partial charge in [0, 0.05) is 45.2 Å². The van der Waals surface area contributed by atoms with Crippen molar-refractivity contribution in [3.63, 3.8) is 0 Å². The summed E-state index contributed by atoms with van der Waals surface area (Å²) in [6.07, 6.45) is 32.0. The average molecular weight is 767 g/mol. The molecule has 0 unspecified atom stereocenters. The van der Waals surface area contributed by atoms with E-state index in [0.717, 1.165) is 49.7 Å². The highest BCUT2D eigenvalue weighted by atomic mass is 19.1. The lowest BCUT2D eigenvalue weighted by Crippen LogP contribution is -2.27. The van der Waals surface area contributed by atoms with Gasteiger partial charge in [0.2, 0.25) is 0 Å². The lowest BCUT2D eigenvalue weighted by molar-refractivity contribution is 0.315. The molecule has 2 aromatic heterocycles. The van der Waals surface area contributed by atoms with Crippen molar-refractivity contribution in [2.75, 3.05) is 0 Å². The maximum Gasteiger partial charge on any atom is 0.143 e. The van der Waals surface area contributed by atoms with Gasteiger partial charge in [0.15, 0.2) is 0 Å². The largest absolute Gasteiger partial charge is 0.243 e. The number of fused-ring (bicyclic) bond motifs is 10. The molecular formula is C48H64F2N4O2. The highest BCUT2D eigenvalue weighted by Crippen LogP contribution is 2.60. The van der Waals surface area contributed by atoms with E-state index >= 15 is 8.78 Å². The first kappa shape index (κ1) is 40.5. The summed E-state index contributed by atoms with van der Waals surface area (Å²) in [6.45, 7) is 4.54. The third-order valence-electron chi connectivity index (χ3n) is 13.2. The number of halogens is 2. The summed E-state index contributed by atoms with van der Waals surface area (Å²) in [6, 6.07) is 7.73. The van der Waals surface area contributed by atoms with Crippen LogP contribution >= 0.6 is 0 Å². The van der Waals surface area contributed by atoms with Gasteiger partial charge in [-0.3, -0.25) is 0 Å². The SMILES string of the molecule is CCCCCCCCCCCCCCC1(CCCCCCCCCCCCCC)c2ccc3nonc3c2-c2c(F)c3c(c(F)c21)-c1c(ccc2nonc12)C3. The van der Waals surface area contributed by atoms with E-state index < -0.39 is 5.41 Å². The Morgan fingerprint density at radius 2 is 0.929 bits per heavy atom. The Bertz CT molecular complexity index is 2010. The monoisotopic (exact) mass is 766 g/mol. The van der Waals surface area contributed by atoms with Gasteiger partial charge in [-0.05, 0) is 56.7 Å². The molecule has 0 N–H and O–H groups in total. The van der Waals surface area contributed by atoms with Gasteiger partial charge in [-0.2, -0.15) is 0 Å². The molecule has 0 amide bonds. The average Bonchev–Trinajstić information content (AvgIpc) is 4.01. The quantitative estimate of drug-likeness (QED) is 0.0512. The second-order valence-electron chi connectivity index (χ2n) is 17.1. The van der Waals surface area contributed by atoms with Crippen LogP contribution in [-0.2, 0) is 11.8 Å². The highest BCUT2D eigenvalue weighted by molar-refractivity contribution is 6.03. The fourth-order valence-corrected chi connectivity index (χ4v) is 10.2. The van der Waals surface area contributed by atoms with Crippen LogP contribution < -0.4 is 0 Å². The smallest absolute Gasteiger partial charge is 0.143 e. The lowest BCUT2D eigenvalue weighted by Gasteiger charge is -2.33. The maximum atomic E-state index is 17.9. The van der Waals surface area contributed by atoms with E-state index in [9.17, 15) is 0 Å². The maximum absolute atomic E-state index is 17.9. The molecule has 0 saturated carbocycles. The first-order valence-corrected chi connectivity index (χ1v) is 22.7. The van der Waals surface area contributed by atoms with Crippen molar-refractivity contribution < 1.29 is 18.0 Å². The number of nitrogens with zero attached hydrogens (tertiary/aromatic N) is 4. The summed E-state index contributed by atoms with van der Waals surface area (Å²) >= 11 is 0. The number of hydrogen-bond donors (Lipinski definition) is 0. The summed E-state index contributed by atoms with van der Waals surface area (Å²) in [5.74, 6) is -0.690. The van der Waals surface area contributed by atoms with Crippen molar-refractivity contribution >= 4 is 22.1 Å². The van der Waals surface area contributed by atoms with Crippen LogP contribution in [0.25, 0.3) is 44.3 Å². The summed E-state index contributed by atoms with van der Waals surface area (Å²) in [5, 5.41) is 16.7. The normalized spacial score (nSPS) is 13.9. The molecule has 6 nitrogen and oxygen atoms in total. The molecule has 0 aliphatic heterocycles. The van der Waals surface area contributed by atoms with Gasteiger partial charge >= 0.3 is 0 Å². The molecule has 0 saturated heterocycles. The molecule has 5 aromatic rings. The van der Waals surface area contributed by atoms with Crippen molar-refractivity contribution in [3.05, 3.63) is 58.2 Å². The number of unbranched alkanes of at least 4 members (excludes halogenated alkanes) is 22. The zero-order valence-corrected chi connectivity index (χ0v) is 34.3. The Kier molecular flexibility index (Phi) is 14.2. The van der Waals surface area contributed by atoms with Gasteiger partial charge in [-0.1, -0.05) is 180 Å². The summed E-state index contributed by atoms with van der Waals surface area (Å²) in [4.78, 5) is 0. The summed E-state index contributed by atoms with van der Waals surface area (Å²) in [5.41, 5.74) is 6.10. The Labute approximate surface area is 332 Å². The van der Waals surface area contributed by atoms with Crippen molar-refractivity contribution in [2.24, 2.45) is 0 Å².